The zero-order chi connectivity index (χ0) is 24.1. The Bertz CT molecular complexity index is 1200. The second kappa shape index (κ2) is 10.6. The van der Waals surface area contributed by atoms with Crippen LogP contribution in [0.3, 0.4) is 0 Å². The number of hydrogen-bond acceptors (Lipinski definition) is 7. The number of rotatable bonds is 6. The van der Waals surface area contributed by atoms with E-state index in [1.54, 1.807) is 60.4 Å². The van der Waals surface area contributed by atoms with E-state index in [0.717, 1.165) is 24.2 Å². The van der Waals surface area contributed by atoms with E-state index in [2.05, 4.69) is 20.8 Å². The number of halogens is 1. The molecule has 2 N–H and O–H groups in total. The Kier molecular flexibility index (Phi) is 7.39. The van der Waals surface area contributed by atoms with Crippen LogP contribution in [0.4, 0.5) is 16.2 Å². The van der Waals surface area contributed by atoms with Crippen molar-refractivity contribution in [1.29, 1.82) is 0 Å². The Labute approximate surface area is 205 Å². The lowest BCUT2D eigenvalue weighted by atomic mass is 10.2. The molecule has 1 aliphatic rings. The zero-order valence-electron chi connectivity index (χ0n) is 18.3. The summed E-state index contributed by atoms with van der Waals surface area (Å²) in [5.74, 6) is -0.798. The third-order valence-corrected chi connectivity index (χ3v) is 6.42. The molecule has 0 aliphatic carbocycles. The number of nitrogens with one attached hydrogen (secondary N) is 2. The molecule has 3 amide bonds. The lowest BCUT2D eigenvalue weighted by molar-refractivity contribution is 0.0526. The van der Waals surface area contributed by atoms with E-state index in [9.17, 15) is 14.4 Å². The number of nitrogens with zero attached hydrogens (tertiary/aromatic N) is 3. The van der Waals surface area contributed by atoms with E-state index >= 15 is 0 Å². The summed E-state index contributed by atoms with van der Waals surface area (Å²) in [5.41, 5.74) is 1.53. The van der Waals surface area contributed by atoms with Gasteiger partial charge in [0.2, 0.25) is 5.01 Å². The molecule has 176 valence electrons. The molecule has 1 atom stereocenters. The minimum atomic E-state index is -0.411. The van der Waals surface area contributed by atoms with Gasteiger partial charge in [-0.15, -0.1) is 10.2 Å². The lowest BCUT2D eigenvalue weighted by Gasteiger charge is -2.23. The van der Waals surface area contributed by atoms with E-state index < -0.39 is 5.97 Å². The third-order valence-electron chi connectivity index (χ3n) is 5.16. The maximum absolute atomic E-state index is 12.9. The molecule has 1 aliphatic heterocycles. The van der Waals surface area contributed by atoms with Gasteiger partial charge in [0.25, 0.3) is 5.91 Å². The molecule has 1 saturated heterocycles. The predicted octanol–water partition coefficient (Wildman–Crippen LogP) is 4.99. The standard InChI is InChI=1S/C23H22ClN5O4S/c1-2-33-22(31)14-8-10-16(11-9-14)26-23(32)29-12-4-7-18(29)20-27-28-21(34-20)19(30)25-17-6-3-5-15(24)13-17/h3,5-6,8-11,13,18H,2,4,7,12H2,1H3,(H,25,30)(H,26,32)/t18-/m1/s1. The van der Waals surface area contributed by atoms with Crippen LogP contribution in [-0.4, -0.2) is 46.2 Å². The normalized spacial score (nSPS) is 15.1. The van der Waals surface area contributed by atoms with Gasteiger partial charge in [-0.25, -0.2) is 9.59 Å². The van der Waals surface area contributed by atoms with Gasteiger partial charge in [0.1, 0.15) is 5.01 Å². The van der Waals surface area contributed by atoms with Crippen molar-refractivity contribution in [3.05, 3.63) is 69.1 Å². The van der Waals surface area contributed by atoms with Gasteiger partial charge in [0.15, 0.2) is 0 Å². The second-order valence-electron chi connectivity index (χ2n) is 7.49. The van der Waals surface area contributed by atoms with Crippen molar-refractivity contribution in [1.82, 2.24) is 15.1 Å². The molecule has 2 heterocycles. The molecule has 4 rings (SSSR count). The summed E-state index contributed by atoms with van der Waals surface area (Å²) in [7, 11) is 0. The maximum atomic E-state index is 12.9. The van der Waals surface area contributed by atoms with Crippen LogP contribution < -0.4 is 10.6 Å². The van der Waals surface area contributed by atoms with Crippen LogP contribution >= 0.6 is 22.9 Å². The number of urea groups is 1. The SMILES string of the molecule is CCOC(=O)c1ccc(NC(=O)N2CCC[C@@H]2c2nnc(C(=O)Nc3cccc(Cl)c3)s2)cc1. The minimum absolute atomic E-state index is 0.205. The Morgan fingerprint density at radius 2 is 1.91 bits per heavy atom. The molecule has 34 heavy (non-hydrogen) atoms. The van der Waals surface area contributed by atoms with E-state index in [0.29, 0.717) is 40.1 Å². The summed E-state index contributed by atoms with van der Waals surface area (Å²) in [5, 5.41) is 15.1. The van der Waals surface area contributed by atoms with Gasteiger partial charge in [-0.3, -0.25) is 4.79 Å². The monoisotopic (exact) mass is 499 g/mol. The van der Waals surface area contributed by atoms with Gasteiger partial charge in [-0.05, 0) is 62.2 Å². The molecule has 0 radical (unpaired) electrons. The number of anilines is 2. The number of carbonyl (C=O) groups is 3. The third kappa shape index (κ3) is 5.52. The fourth-order valence-corrected chi connectivity index (χ4v) is 4.65. The topological polar surface area (TPSA) is 114 Å². The van der Waals surface area contributed by atoms with Crippen LogP contribution in [0, 0.1) is 0 Å². The van der Waals surface area contributed by atoms with Crippen LogP contribution in [0.25, 0.3) is 0 Å². The first-order chi connectivity index (χ1) is 16.4. The second-order valence-corrected chi connectivity index (χ2v) is 8.93. The molecular formula is C23H22ClN5O4S. The first kappa shape index (κ1) is 23.7. The fraction of sp³-hybridized carbons (Fsp3) is 0.261. The van der Waals surface area contributed by atoms with Gasteiger partial charge < -0.3 is 20.3 Å². The number of amides is 3. The van der Waals surface area contributed by atoms with E-state index in [4.69, 9.17) is 16.3 Å². The van der Waals surface area contributed by atoms with E-state index in [1.807, 2.05) is 0 Å². The van der Waals surface area contributed by atoms with Gasteiger partial charge in [-0.2, -0.15) is 0 Å². The molecule has 0 spiro atoms. The number of ether oxygens (including phenoxy) is 1. The average Bonchev–Trinajstić information content (AvgIpc) is 3.49. The van der Waals surface area contributed by atoms with Crippen molar-refractivity contribution in [2.24, 2.45) is 0 Å². The minimum Gasteiger partial charge on any atom is -0.462 e. The van der Waals surface area contributed by atoms with Crippen molar-refractivity contribution in [2.75, 3.05) is 23.8 Å². The highest BCUT2D eigenvalue weighted by atomic mass is 35.5. The molecule has 0 unspecified atom stereocenters. The first-order valence-corrected chi connectivity index (χ1v) is 11.9. The Balaban J connectivity index is 1.40. The van der Waals surface area contributed by atoms with Crippen LogP contribution in [0.15, 0.2) is 48.5 Å². The number of esters is 1. The highest BCUT2D eigenvalue weighted by molar-refractivity contribution is 7.13. The van der Waals surface area contributed by atoms with Crippen LogP contribution in [0.2, 0.25) is 5.02 Å². The quantitative estimate of drug-likeness (QED) is 0.462. The van der Waals surface area contributed by atoms with Gasteiger partial charge in [0.05, 0.1) is 18.2 Å². The Morgan fingerprint density at radius 1 is 1.12 bits per heavy atom. The molecular weight excluding hydrogens is 478 g/mol. The summed E-state index contributed by atoms with van der Waals surface area (Å²) < 4.78 is 4.97. The largest absolute Gasteiger partial charge is 0.462 e. The molecule has 0 bridgehead atoms. The summed E-state index contributed by atoms with van der Waals surface area (Å²) in [6.45, 7) is 2.59. The number of carbonyl (C=O) groups excluding carboxylic acids is 3. The number of likely N-dealkylation sites (tertiary alicyclic amines) is 1. The Morgan fingerprint density at radius 3 is 2.65 bits per heavy atom. The zero-order valence-corrected chi connectivity index (χ0v) is 19.9. The smallest absolute Gasteiger partial charge is 0.338 e. The summed E-state index contributed by atoms with van der Waals surface area (Å²) in [4.78, 5) is 38.9. The van der Waals surface area contributed by atoms with Gasteiger partial charge in [-0.1, -0.05) is 29.0 Å². The fourth-order valence-electron chi connectivity index (χ4n) is 3.58. The van der Waals surface area contributed by atoms with Crippen molar-refractivity contribution >= 4 is 52.2 Å². The average molecular weight is 500 g/mol. The van der Waals surface area contributed by atoms with Crippen molar-refractivity contribution in [3.63, 3.8) is 0 Å². The lowest BCUT2D eigenvalue weighted by Crippen LogP contribution is -2.34. The number of hydrogen-bond donors (Lipinski definition) is 2. The summed E-state index contributed by atoms with van der Waals surface area (Å²) in [6.07, 6.45) is 1.53. The number of aromatic nitrogens is 2. The van der Waals surface area contributed by atoms with Gasteiger partial charge in [0, 0.05) is 22.9 Å². The number of benzene rings is 2. The summed E-state index contributed by atoms with van der Waals surface area (Å²) >= 11 is 7.12. The van der Waals surface area contributed by atoms with Crippen LogP contribution in [0.5, 0.6) is 0 Å². The van der Waals surface area contributed by atoms with Gasteiger partial charge >= 0.3 is 12.0 Å². The van der Waals surface area contributed by atoms with Crippen molar-refractivity contribution in [3.8, 4) is 0 Å². The van der Waals surface area contributed by atoms with Crippen LogP contribution in [0.1, 0.15) is 51.0 Å². The predicted molar refractivity (Wildman–Crippen MR) is 129 cm³/mol. The maximum Gasteiger partial charge on any atom is 0.338 e. The van der Waals surface area contributed by atoms with Crippen LogP contribution in [-0.2, 0) is 4.74 Å². The molecule has 11 heteroatoms. The summed E-state index contributed by atoms with van der Waals surface area (Å²) in [6, 6.07) is 12.8. The Hall–Kier alpha value is -3.50. The molecule has 1 aromatic heterocycles. The van der Waals surface area contributed by atoms with Crippen molar-refractivity contribution in [2.45, 2.75) is 25.8 Å². The molecule has 2 aromatic carbocycles. The van der Waals surface area contributed by atoms with Crippen molar-refractivity contribution < 1.29 is 19.1 Å². The van der Waals surface area contributed by atoms with E-state index in [-0.39, 0.29) is 23.0 Å². The molecule has 0 saturated carbocycles. The molecule has 9 nitrogen and oxygen atoms in total. The molecule has 1 fully saturated rings. The van der Waals surface area contributed by atoms with E-state index in [1.165, 1.54) is 0 Å². The highest BCUT2D eigenvalue weighted by Crippen LogP contribution is 2.34. The molecule has 3 aromatic rings. The first-order valence-electron chi connectivity index (χ1n) is 10.7. The highest BCUT2D eigenvalue weighted by Gasteiger charge is 2.33.